The molecule has 1 N–H and O–H groups in total. The zero-order chi connectivity index (χ0) is 14.3. The average molecular weight is 276 g/mol. The van der Waals surface area contributed by atoms with E-state index < -0.39 is 17.3 Å². The molecule has 0 saturated heterocycles. The van der Waals surface area contributed by atoms with Gasteiger partial charge in [0.05, 0.1) is 19.8 Å². The van der Waals surface area contributed by atoms with Crippen LogP contribution in [0.1, 0.15) is 24.0 Å². The highest BCUT2D eigenvalue weighted by atomic mass is 19.4. The Bertz CT molecular complexity index is 479. The molecule has 0 amide bonds. The van der Waals surface area contributed by atoms with E-state index in [0.29, 0.717) is 18.4 Å². The van der Waals surface area contributed by atoms with Gasteiger partial charge in [0, 0.05) is 12.0 Å². The molecule has 1 fully saturated rings. The van der Waals surface area contributed by atoms with Crippen LogP contribution in [0.5, 0.6) is 11.5 Å². The van der Waals surface area contributed by atoms with E-state index in [2.05, 4.69) is 0 Å². The first kappa shape index (κ1) is 14.0. The van der Waals surface area contributed by atoms with Crippen LogP contribution in [0, 0.1) is 0 Å². The maximum atomic E-state index is 13.0. The average Bonchev–Trinajstić information content (AvgIpc) is 3.04. The molecule has 1 aliphatic rings. The third-order valence-electron chi connectivity index (χ3n) is 3.23. The van der Waals surface area contributed by atoms with Crippen molar-refractivity contribution < 1.29 is 27.8 Å². The summed E-state index contributed by atoms with van der Waals surface area (Å²) in [4.78, 5) is 0. The molecule has 0 radical (unpaired) electrons. The predicted molar refractivity (Wildman–Crippen MR) is 62.4 cm³/mol. The van der Waals surface area contributed by atoms with Crippen LogP contribution in [-0.4, -0.2) is 24.9 Å². The lowest BCUT2D eigenvalue weighted by molar-refractivity contribution is -0.139. The molecule has 1 saturated carbocycles. The number of hydrogen-bond donors (Lipinski definition) is 1. The molecule has 3 nitrogen and oxygen atoms in total. The SMILES string of the molecule is COc1cc(CC2(O)CC2)c(OC)c(C(F)(F)F)c1. The van der Waals surface area contributed by atoms with Crippen molar-refractivity contribution in [2.45, 2.75) is 31.0 Å². The van der Waals surface area contributed by atoms with Crippen molar-refractivity contribution in [2.24, 2.45) is 0 Å². The highest BCUT2D eigenvalue weighted by Crippen LogP contribution is 2.45. The van der Waals surface area contributed by atoms with Gasteiger partial charge in [0.2, 0.25) is 0 Å². The summed E-state index contributed by atoms with van der Waals surface area (Å²) in [7, 11) is 2.50. The summed E-state index contributed by atoms with van der Waals surface area (Å²) >= 11 is 0. The number of ether oxygens (including phenoxy) is 2. The van der Waals surface area contributed by atoms with Gasteiger partial charge < -0.3 is 14.6 Å². The molecule has 106 valence electrons. The quantitative estimate of drug-likeness (QED) is 0.919. The van der Waals surface area contributed by atoms with Crippen molar-refractivity contribution in [3.8, 4) is 11.5 Å². The maximum Gasteiger partial charge on any atom is 0.420 e. The lowest BCUT2D eigenvalue weighted by atomic mass is 10.0. The van der Waals surface area contributed by atoms with Crippen molar-refractivity contribution in [1.29, 1.82) is 0 Å². The Kier molecular flexibility index (Phi) is 3.38. The van der Waals surface area contributed by atoms with E-state index in [9.17, 15) is 18.3 Å². The van der Waals surface area contributed by atoms with Gasteiger partial charge in [-0.3, -0.25) is 0 Å². The Balaban J connectivity index is 2.50. The summed E-state index contributed by atoms with van der Waals surface area (Å²) in [5, 5.41) is 9.88. The second kappa shape index (κ2) is 4.59. The molecule has 0 spiro atoms. The van der Waals surface area contributed by atoms with E-state index in [4.69, 9.17) is 9.47 Å². The van der Waals surface area contributed by atoms with E-state index in [0.717, 1.165) is 6.07 Å². The maximum absolute atomic E-state index is 13.0. The zero-order valence-corrected chi connectivity index (χ0v) is 10.7. The van der Waals surface area contributed by atoms with E-state index in [-0.39, 0.29) is 17.9 Å². The third kappa shape index (κ3) is 2.94. The summed E-state index contributed by atoms with van der Waals surface area (Å²) in [5.41, 5.74) is -1.47. The molecule has 19 heavy (non-hydrogen) atoms. The molecule has 0 unspecified atom stereocenters. The predicted octanol–water partition coefficient (Wildman–Crippen LogP) is 2.79. The van der Waals surface area contributed by atoms with Gasteiger partial charge in [-0.25, -0.2) is 0 Å². The summed E-state index contributed by atoms with van der Waals surface area (Å²) in [6, 6.07) is 2.38. The van der Waals surface area contributed by atoms with E-state index >= 15 is 0 Å². The molecule has 2 rings (SSSR count). The first-order valence-corrected chi connectivity index (χ1v) is 5.83. The first-order valence-electron chi connectivity index (χ1n) is 5.83. The summed E-state index contributed by atoms with van der Waals surface area (Å²) in [6.45, 7) is 0. The summed E-state index contributed by atoms with van der Waals surface area (Å²) in [6.07, 6.45) is -3.21. The highest BCUT2D eigenvalue weighted by Gasteiger charge is 2.43. The second-order valence-electron chi connectivity index (χ2n) is 4.77. The van der Waals surface area contributed by atoms with Crippen molar-refractivity contribution in [1.82, 2.24) is 0 Å². The van der Waals surface area contributed by atoms with E-state index in [1.54, 1.807) is 0 Å². The normalized spacial score (nSPS) is 17.2. The Morgan fingerprint density at radius 2 is 1.84 bits per heavy atom. The molecule has 0 heterocycles. The van der Waals surface area contributed by atoms with Crippen LogP contribution in [0.25, 0.3) is 0 Å². The minimum atomic E-state index is -4.53. The third-order valence-corrected chi connectivity index (χ3v) is 3.23. The number of rotatable bonds is 4. The van der Waals surface area contributed by atoms with Crippen LogP contribution >= 0.6 is 0 Å². The number of aliphatic hydroxyl groups is 1. The Labute approximate surface area is 108 Å². The second-order valence-corrected chi connectivity index (χ2v) is 4.77. The van der Waals surface area contributed by atoms with Crippen molar-refractivity contribution in [3.63, 3.8) is 0 Å². The van der Waals surface area contributed by atoms with Crippen molar-refractivity contribution in [2.75, 3.05) is 14.2 Å². The summed E-state index contributed by atoms with van der Waals surface area (Å²) < 4.78 is 48.7. The van der Waals surface area contributed by atoms with Crippen LogP contribution in [0.15, 0.2) is 12.1 Å². The van der Waals surface area contributed by atoms with Gasteiger partial charge >= 0.3 is 6.18 Å². The van der Waals surface area contributed by atoms with Gasteiger partial charge in [-0.2, -0.15) is 13.2 Å². The molecule has 0 aliphatic heterocycles. The molecule has 1 aromatic carbocycles. The monoisotopic (exact) mass is 276 g/mol. The van der Waals surface area contributed by atoms with E-state index in [1.807, 2.05) is 0 Å². The molecule has 1 aliphatic carbocycles. The Morgan fingerprint density at radius 1 is 1.21 bits per heavy atom. The molecule has 0 aromatic heterocycles. The highest BCUT2D eigenvalue weighted by molar-refractivity contribution is 5.49. The van der Waals surface area contributed by atoms with Gasteiger partial charge in [0.1, 0.15) is 17.1 Å². The molecule has 0 bridgehead atoms. The fraction of sp³-hybridized carbons (Fsp3) is 0.538. The van der Waals surface area contributed by atoms with Gasteiger partial charge in [-0.1, -0.05) is 0 Å². The van der Waals surface area contributed by atoms with Crippen LogP contribution in [0.4, 0.5) is 13.2 Å². The van der Waals surface area contributed by atoms with Gasteiger partial charge in [0.25, 0.3) is 0 Å². The fourth-order valence-corrected chi connectivity index (χ4v) is 2.04. The smallest absolute Gasteiger partial charge is 0.420 e. The van der Waals surface area contributed by atoms with Crippen molar-refractivity contribution in [3.05, 3.63) is 23.3 Å². The molecule has 0 atom stereocenters. The van der Waals surface area contributed by atoms with Crippen LogP contribution < -0.4 is 9.47 Å². The molecular weight excluding hydrogens is 261 g/mol. The van der Waals surface area contributed by atoms with Gasteiger partial charge in [-0.05, 0) is 25.0 Å². The molecule has 1 aromatic rings. The molecule has 6 heteroatoms. The van der Waals surface area contributed by atoms with Crippen LogP contribution in [0.2, 0.25) is 0 Å². The Morgan fingerprint density at radius 3 is 2.26 bits per heavy atom. The zero-order valence-electron chi connectivity index (χ0n) is 10.7. The largest absolute Gasteiger partial charge is 0.497 e. The lowest BCUT2D eigenvalue weighted by Crippen LogP contribution is -2.15. The van der Waals surface area contributed by atoms with E-state index in [1.165, 1.54) is 20.3 Å². The number of hydrogen-bond acceptors (Lipinski definition) is 3. The fourth-order valence-electron chi connectivity index (χ4n) is 2.04. The lowest BCUT2D eigenvalue weighted by Gasteiger charge is -2.19. The number of halogens is 3. The van der Waals surface area contributed by atoms with Crippen LogP contribution in [0.3, 0.4) is 0 Å². The van der Waals surface area contributed by atoms with Crippen LogP contribution in [-0.2, 0) is 12.6 Å². The van der Waals surface area contributed by atoms with Gasteiger partial charge in [-0.15, -0.1) is 0 Å². The van der Waals surface area contributed by atoms with Crippen molar-refractivity contribution >= 4 is 0 Å². The van der Waals surface area contributed by atoms with Gasteiger partial charge in [0.15, 0.2) is 0 Å². The molecular formula is C13H15F3O3. The number of benzene rings is 1. The summed E-state index contributed by atoms with van der Waals surface area (Å²) in [5.74, 6) is -0.138. The minimum Gasteiger partial charge on any atom is -0.497 e. The topological polar surface area (TPSA) is 38.7 Å². The number of methoxy groups -OCH3 is 2. The Hall–Kier alpha value is -1.43. The number of alkyl halides is 3. The minimum absolute atomic E-state index is 0.104. The standard InChI is InChI=1S/C13H15F3O3/c1-18-9-5-8(7-12(17)3-4-12)11(19-2)10(6-9)13(14,15)16/h5-6,17H,3-4,7H2,1-2H3. The first-order chi connectivity index (χ1) is 8.79.